The van der Waals surface area contributed by atoms with Gasteiger partial charge < -0.3 is 15.8 Å². The van der Waals surface area contributed by atoms with Crippen molar-refractivity contribution >= 4 is 45.9 Å². The van der Waals surface area contributed by atoms with Gasteiger partial charge in [-0.3, -0.25) is 14.2 Å². The lowest BCUT2D eigenvalue weighted by atomic mass is 10.1. The number of hydrogen-bond donors (Lipinski definition) is 2. The van der Waals surface area contributed by atoms with E-state index in [0.29, 0.717) is 16.5 Å². The van der Waals surface area contributed by atoms with Gasteiger partial charge in [0.25, 0.3) is 5.91 Å². The first-order chi connectivity index (χ1) is 15.2. The number of rotatable bonds is 8. The third kappa shape index (κ3) is 5.17. The summed E-state index contributed by atoms with van der Waals surface area (Å²) in [6, 6.07) is 9.57. The minimum absolute atomic E-state index is 0.0203. The SMILES string of the molecule is Cc1c(C(N)=O)sc(NC(=O)CSc2nnc(C)n2-c2ccccc2)c1C(=O)OC(C)C. The number of anilines is 1. The maximum atomic E-state index is 12.7. The number of thioether (sulfide) groups is 1. The molecule has 2 heterocycles. The molecule has 0 spiro atoms. The second-order valence-corrected chi connectivity index (χ2v) is 9.08. The van der Waals surface area contributed by atoms with Crippen molar-refractivity contribution < 1.29 is 19.1 Å². The molecule has 0 fully saturated rings. The van der Waals surface area contributed by atoms with Crippen molar-refractivity contribution in [3.05, 3.63) is 52.2 Å². The van der Waals surface area contributed by atoms with Crippen LogP contribution in [0.5, 0.6) is 0 Å². The second kappa shape index (κ2) is 9.96. The first-order valence-electron chi connectivity index (χ1n) is 9.73. The van der Waals surface area contributed by atoms with Gasteiger partial charge in [-0.1, -0.05) is 30.0 Å². The van der Waals surface area contributed by atoms with Crippen molar-refractivity contribution in [1.29, 1.82) is 0 Å². The van der Waals surface area contributed by atoms with E-state index in [4.69, 9.17) is 10.5 Å². The molecule has 0 bridgehead atoms. The van der Waals surface area contributed by atoms with Crippen molar-refractivity contribution in [3.8, 4) is 5.69 Å². The van der Waals surface area contributed by atoms with Crippen LogP contribution in [-0.2, 0) is 9.53 Å². The predicted molar refractivity (Wildman–Crippen MR) is 124 cm³/mol. The molecule has 168 valence electrons. The lowest BCUT2D eigenvalue weighted by Gasteiger charge is -2.11. The Bertz CT molecular complexity index is 1150. The summed E-state index contributed by atoms with van der Waals surface area (Å²) in [5.41, 5.74) is 6.83. The molecular weight excluding hydrogens is 450 g/mol. The number of aromatic nitrogens is 3. The van der Waals surface area contributed by atoms with Gasteiger partial charge >= 0.3 is 5.97 Å². The number of aryl methyl sites for hydroxylation is 1. The summed E-state index contributed by atoms with van der Waals surface area (Å²) in [6.45, 7) is 6.86. The summed E-state index contributed by atoms with van der Waals surface area (Å²) >= 11 is 2.16. The van der Waals surface area contributed by atoms with E-state index >= 15 is 0 Å². The fraction of sp³-hybridized carbons (Fsp3) is 0.286. The normalized spacial score (nSPS) is 10.9. The number of para-hydroxylation sites is 1. The Morgan fingerprint density at radius 2 is 1.88 bits per heavy atom. The summed E-state index contributed by atoms with van der Waals surface area (Å²) in [7, 11) is 0. The first kappa shape index (κ1) is 23.5. The van der Waals surface area contributed by atoms with Crippen molar-refractivity contribution in [2.45, 2.75) is 39.0 Å². The van der Waals surface area contributed by atoms with Crippen molar-refractivity contribution in [3.63, 3.8) is 0 Å². The monoisotopic (exact) mass is 473 g/mol. The zero-order valence-electron chi connectivity index (χ0n) is 18.0. The molecule has 0 aliphatic carbocycles. The van der Waals surface area contributed by atoms with E-state index < -0.39 is 11.9 Å². The Morgan fingerprint density at radius 3 is 2.50 bits per heavy atom. The number of hydrogen-bond acceptors (Lipinski definition) is 8. The van der Waals surface area contributed by atoms with Crippen LogP contribution in [-0.4, -0.2) is 44.4 Å². The molecule has 2 aromatic heterocycles. The molecule has 1 aromatic carbocycles. The smallest absolute Gasteiger partial charge is 0.341 e. The van der Waals surface area contributed by atoms with E-state index in [-0.39, 0.29) is 33.2 Å². The van der Waals surface area contributed by atoms with E-state index in [1.165, 1.54) is 11.8 Å². The fourth-order valence-electron chi connectivity index (χ4n) is 2.96. The van der Waals surface area contributed by atoms with E-state index in [0.717, 1.165) is 17.0 Å². The standard InChI is InChI=1S/C21H23N5O4S2/c1-11(2)30-20(29)16-12(3)17(18(22)28)32-19(16)23-15(27)10-31-21-25-24-13(4)26(21)14-8-6-5-7-9-14/h5-9,11H,10H2,1-4H3,(H2,22,28)(H,23,27). The zero-order chi connectivity index (χ0) is 23.4. The number of esters is 1. The van der Waals surface area contributed by atoms with Gasteiger partial charge in [0, 0.05) is 5.69 Å². The van der Waals surface area contributed by atoms with Crippen molar-refractivity contribution in [1.82, 2.24) is 14.8 Å². The number of amides is 2. The van der Waals surface area contributed by atoms with Gasteiger partial charge in [-0.2, -0.15) is 0 Å². The molecule has 3 aromatic rings. The molecule has 0 saturated carbocycles. The number of nitrogens with zero attached hydrogens (tertiary/aromatic N) is 3. The van der Waals surface area contributed by atoms with Gasteiger partial charge in [-0.15, -0.1) is 21.5 Å². The largest absolute Gasteiger partial charge is 0.459 e. The second-order valence-electron chi connectivity index (χ2n) is 7.12. The molecule has 9 nitrogen and oxygen atoms in total. The minimum Gasteiger partial charge on any atom is -0.459 e. The highest BCUT2D eigenvalue weighted by Crippen LogP contribution is 2.34. The van der Waals surface area contributed by atoms with E-state index in [9.17, 15) is 14.4 Å². The van der Waals surface area contributed by atoms with Gasteiger partial charge in [-0.25, -0.2) is 4.79 Å². The number of benzene rings is 1. The van der Waals surface area contributed by atoms with Gasteiger partial charge in [0.2, 0.25) is 5.91 Å². The Kier molecular flexibility index (Phi) is 7.31. The molecule has 2 amide bonds. The maximum Gasteiger partial charge on any atom is 0.341 e. The van der Waals surface area contributed by atoms with Crippen molar-refractivity contribution in [2.75, 3.05) is 11.1 Å². The Hall–Kier alpha value is -3.18. The van der Waals surface area contributed by atoms with Gasteiger partial charge in [0.1, 0.15) is 10.8 Å². The van der Waals surface area contributed by atoms with Gasteiger partial charge in [0.05, 0.1) is 22.3 Å². The molecule has 3 rings (SSSR count). The zero-order valence-corrected chi connectivity index (χ0v) is 19.7. The molecule has 3 N–H and O–H groups in total. The lowest BCUT2D eigenvalue weighted by molar-refractivity contribution is -0.113. The number of carbonyl (C=O) groups is 3. The van der Waals surface area contributed by atoms with E-state index in [2.05, 4.69) is 15.5 Å². The summed E-state index contributed by atoms with van der Waals surface area (Å²) < 4.78 is 7.12. The van der Waals surface area contributed by atoms with Gasteiger partial charge in [0.15, 0.2) is 5.16 Å². The molecular formula is C21H23N5O4S2. The highest BCUT2D eigenvalue weighted by molar-refractivity contribution is 7.99. The Morgan fingerprint density at radius 1 is 1.19 bits per heavy atom. The summed E-state index contributed by atoms with van der Waals surface area (Å²) in [5.74, 6) is -0.952. The van der Waals surface area contributed by atoms with Crippen LogP contribution in [0, 0.1) is 13.8 Å². The van der Waals surface area contributed by atoms with Crippen LogP contribution in [0.25, 0.3) is 5.69 Å². The third-order valence-electron chi connectivity index (χ3n) is 4.31. The Balaban J connectivity index is 1.78. The van der Waals surface area contributed by atoms with Crippen LogP contribution in [0.2, 0.25) is 0 Å². The minimum atomic E-state index is -0.674. The summed E-state index contributed by atoms with van der Waals surface area (Å²) in [6.07, 6.45) is -0.356. The number of ether oxygens (including phenoxy) is 1. The molecule has 0 atom stereocenters. The van der Waals surface area contributed by atoms with Crippen LogP contribution in [0.1, 0.15) is 45.3 Å². The molecule has 0 unspecified atom stereocenters. The topological polar surface area (TPSA) is 129 Å². The molecule has 0 saturated heterocycles. The van der Waals surface area contributed by atoms with Crippen molar-refractivity contribution in [2.24, 2.45) is 5.73 Å². The number of thiophene rings is 1. The molecule has 0 aliphatic heterocycles. The van der Waals surface area contributed by atoms with Crippen LogP contribution in [0.15, 0.2) is 35.5 Å². The van der Waals surface area contributed by atoms with E-state index in [1.807, 2.05) is 41.8 Å². The maximum absolute atomic E-state index is 12.7. The molecule has 0 aliphatic rings. The van der Waals surface area contributed by atoms with Gasteiger partial charge in [-0.05, 0) is 45.4 Å². The predicted octanol–water partition coefficient (Wildman–Crippen LogP) is 3.34. The van der Waals surface area contributed by atoms with Crippen LogP contribution in [0.3, 0.4) is 0 Å². The quantitative estimate of drug-likeness (QED) is 0.379. The molecule has 0 radical (unpaired) electrons. The highest BCUT2D eigenvalue weighted by atomic mass is 32.2. The lowest BCUT2D eigenvalue weighted by Crippen LogP contribution is -2.18. The van der Waals surface area contributed by atoms with Crippen LogP contribution < -0.4 is 11.1 Å². The molecule has 32 heavy (non-hydrogen) atoms. The number of carbonyl (C=O) groups excluding carboxylic acids is 3. The summed E-state index contributed by atoms with van der Waals surface area (Å²) in [5, 5.41) is 11.8. The van der Waals surface area contributed by atoms with Crippen LogP contribution in [0.4, 0.5) is 5.00 Å². The van der Waals surface area contributed by atoms with E-state index in [1.54, 1.807) is 20.8 Å². The number of nitrogens with one attached hydrogen (secondary N) is 1. The third-order valence-corrected chi connectivity index (χ3v) is 6.46. The Labute approximate surface area is 193 Å². The number of nitrogens with two attached hydrogens (primary N) is 1. The average Bonchev–Trinajstić information content (AvgIpc) is 3.26. The molecule has 11 heteroatoms. The average molecular weight is 474 g/mol. The fourth-order valence-corrected chi connectivity index (χ4v) is 4.82. The summed E-state index contributed by atoms with van der Waals surface area (Å²) in [4.78, 5) is 37.2. The highest BCUT2D eigenvalue weighted by Gasteiger charge is 2.26. The first-order valence-corrected chi connectivity index (χ1v) is 11.5. The number of primary amides is 1. The van der Waals surface area contributed by atoms with Crippen LogP contribution >= 0.6 is 23.1 Å².